The molecule has 2 rings (SSSR count). The molecule has 0 aliphatic rings. The van der Waals surface area contributed by atoms with Crippen molar-refractivity contribution in [3.8, 4) is 5.75 Å². The summed E-state index contributed by atoms with van der Waals surface area (Å²) < 4.78 is 50.8. The van der Waals surface area contributed by atoms with Crippen molar-refractivity contribution in [3.63, 3.8) is 0 Å². The van der Waals surface area contributed by atoms with Crippen LogP contribution >= 0.6 is 11.3 Å². The second-order valence-electron chi connectivity index (χ2n) is 5.31. The number of esters is 1. The van der Waals surface area contributed by atoms with Gasteiger partial charge in [0.05, 0.1) is 12.8 Å². The first-order chi connectivity index (χ1) is 12.7. The molecule has 0 aliphatic carbocycles. The van der Waals surface area contributed by atoms with Crippen molar-refractivity contribution < 1.29 is 32.2 Å². The Labute approximate surface area is 156 Å². The van der Waals surface area contributed by atoms with Gasteiger partial charge in [-0.2, -0.15) is 13.2 Å². The van der Waals surface area contributed by atoms with Gasteiger partial charge in [0.2, 0.25) is 0 Å². The van der Waals surface area contributed by atoms with E-state index in [0.717, 1.165) is 18.4 Å². The molecule has 0 aliphatic heterocycles. The Bertz CT molecular complexity index is 798. The van der Waals surface area contributed by atoms with Crippen LogP contribution in [-0.2, 0) is 14.3 Å². The van der Waals surface area contributed by atoms with Crippen LogP contribution in [0.25, 0.3) is 0 Å². The van der Waals surface area contributed by atoms with E-state index in [4.69, 9.17) is 4.74 Å². The molecule has 0 saturated carbocycles. The maximum Gasteiger partial charge on any atom is 0.442 e. The van der Waals surface area contributed by atoms with Gasteiger partial charge in [-0.25, -0.2) is 9.78 Å². The third kappa shape index (κ3) is 4.88. The number of ether oxygens (including phenoxy) is 2. The number of aromatic nitrogens is 1. The van der Waals surface area contributed by atoms with E-state index in [1.807, 2.05) is 5.32 Å². The molecule has 7 nitrogen and oxygen atoms in total. The zero-order valence-corrected chi connectivity index (χ0v) is 15.1. The average molecular weight is 403 g/mol. The van der Waals surface area contributed by atoms with Crippen molar-refractivity contribution >= 4 is 28.3 Å². The first-order valence-electron chi connectivity index (χ1n) is 7.52. The Balaban J connectivity index is 2.24. The minimum atomic E-state index is -5.22. The number of hydrogen-bond acceptors (Lipinski definition) is 7. The molecule has 27 heavy (non-hydrogen) atoms. The highest BCUT2D eigenvalue weighted by Crippen LogP contribution is 2.34. The van der Waals surface area contributed by atoms with Crippen LogP contribution in [0.3, 0.4) is 0 Å². The molecule has 1 aromatic heterocycles. The third-order valence-corrected chi connectivity index (χ3v) is 4.15. The van der Waals surface area contributed by atoms with Crippen molar-refractivity contribution in [2.45, 2.75) is 18.8 Å². The molecule has 1 atom stereocenters. The summed E-state index contributed by atoms with van der Waals surface area (Å²) in [6.45, 7) is 0.832. The molecule has 146 valence electrons. The number of carbonyl (C=O) groups is 2. The SMILES string of the molecule is COC(=O)[C@](NC(=O)COc1ccccc1)(Nc1nc(C)cs1)C(F)(F)F. The Morgan fingerprint density at radius 1 is 1.22 bits per heavy atom. The Hall–Kier alpha value is -2.82. The van der Waals surface area contributed by atoms with Crippen LogP contribution in [0, 0.1) is 6.92 Å². The summed E-state index contributed by atoms with van der Waals surface area (Å²) in [4.78, 5) is 28.0. The summed E-state index contributed by atoms with van der Waals surface area (Å²) in [6.07, 6.45) is -5.22. The fourth-order valence-electron chi connectivity index (χ4n) is 2.03. The zero-order valence-electron chi connectivity index (χ0n) is 14.3. The van der Waals surface area contributed by atoms with Crippen LogP contribution in [0.2, 0.25) is 0 Å². The van der Waals surface area contributed by atoms with Gasteiger partial charge in [-0.15, -0.1) is 11.3 Å². The van der Waals surface area contributed by atoms with Crippen molar-refractivity contribution in [2.75, 3.05) is 19.0 Å². The number of rotatable bonds is 7. The maximum atomic E-state index is 13.8. The number of hydrogen-bond donors (Lipinski definition) is 2. The molecule has 0 saturated heterocycles. The van der Waals surface area contributed by atoms with Crippen LogP contribution in [0.4, 0.5) is 18.3 Å². The van der Waals surface area contributed by atoms with E-state index >= 15 is 0 Å². The molecule has 0 spiro atoms. The summed E-state index contributed by atoms with van der Waals surface area (Å²) in [6, 6.07) is 8.03. The molecular weight excluding hydrogens is 387 g/mol. The largest absolute Gasteiger partial charge is 0.484 e. The van der Waals surface area contributed by atoms with Gasteiger partial charge in [0.25, 0.3) is 5.91 Å². The number of nitrogens with zero attached hydrogens (tertiary/aromatic N) is 1. The number of alkyl halides is 3. The first kappa shape index (κ1) is 20.5. The van der Waals surface area contributed by atoms with Gasteiger partial charge in [-0.05, 0) is 19.1 Å². The van der Waals surface area contributed by atoms with Crippen LogP contribution < -0.4 is 15.4 Å². The number of nitrogens with one attached hydrogen (secondary N) is 2. The molecule has 0 fully saturated rings. The normalized spacial score (nSPS) is 13.4. The van der Waals surface area contributed by atoms with E-state index in [-0.39, 0.29) is 10.9 Å². The summed E-state index contributed by atoms with van der Waals surface area (Å²) in [7, 11) is 0.782. The maximum absolute atomic E-state index is 13.8. The van der Waals surface area contributed by atoms with Crippen LogP contribution in [0.5, 0.6) is 5.75 Å². The van der Waals surface area contributed by atoms with E-state index in [9.17, 15) is 22.8 Å². The number of anilines is 1. The monoisotopic (exact) mass is 403 g/mol. The quantitative estimate of drug-likeness (QED) is 0.546. The van der Waals surface area contributed by atoms with E-state index in [1.165, 1.54) is 17.5 Å². The van der Waals surface area contributed by atoms with Crippen molar-refractivity contribution in [2.24, 2.45) is 0 Å². The van der Waals surface area contributed by atoms with Gasteiger partial charge < -0.3 is 20.1 Å². The lowest BCUT2D eigenvalue weighted by Crippen LogP contribution is -2.69. The minimum absolute atomic E-state index is 0.209. The van der Waals surface area contributed by atoms with Gasteiger partial charge in [-0.1, -0.05) is 18.2 Å². The van der Waals surface area contributed by atoms with Crippen molar-refractivity contribution in [1.82, 2.24) is 10.3 Å². The molecule has 1 aromatic carbocycles. The topological polar surface area (TPSA) is 89.5 Å². The molecule has 0 unspecified atom stereocenters. The molecule has 0 radical (unpaired) electrons. The van der Waals surface area contributed by atoms with E-state index < -0.39 is 30.3 Å². The highest BCUT2D eigenvalue weighted by Gasteiger charge is 2.64. The predicted molar refractivity (Wildman–Crippen MR) is 91.4 cm³/mol. The van der Waals surface area contributed by atoms with Crippen molar-refractivity contribution in [3.05, 3.63) is 41.4 Å². The Kier molecular flexibility index (Phi) is 6.26. The summed E-state index contributed by atoms with van der Waals surface area (Å²) in [5.74, 6) is -2.63. The number of aryl methyl sites for hydroxylation is 1. The predicted octanol–water partition coefficient (Wildman–Crippen LogP) is 2.49. The summed E-state index contributed by atoms with van der Waals surface area (Å²) in [5, 5.41) is 4.87. The highest BCUT2D eigenvalue weighted by atomic mass is 32.1. The number of benzene rings is 1. The summed E-state index contributed by atoms with van der Waals surface area (Å²) in [5.41, 5.74) is -3.06. The fourth-order valence-corrected chi connectivity index (χ4v) is 2.77. The van der Waals surface area contributed by atoms with Gasteiger partial charge >= 0.3 is 17.8 Å². The Morgan fingerprint density at radius 3 is 2.41 bits per heavy atom. The average Bonchev–Trinajstić information content (AvgIpc) is 3.03. The Morgan fingerprint density at radius 2 is 1.89 bits per heavy atom. The number of para-hydroxylation sites is 1. The number of halogens is 3. The van der Waals surface area contributed by atoms with Gasteiger partial charge in [-0.3, -0.25) is 4.79 Å². The van der Waals surface area contributed by atoms with Gasteiger partial charge in [0, 0.05) is 5.38 Å². The third-order valence-electron chi connectivity index (χ3n) is 3.27. The molecule has 1 heterocycles. The molecule has 2 N–H and O–H groups in total. The van der Waals surface area contributed by atoms with Crippen LogP contribution in [0.15, 0.2) is 35.7 Å². The second-order valence-corrected chi connectivity index (χ2v) is 6.17. The van der Waals surface area contributed by atoms with E-state index in [1.54, 1.807) is 30.4 Å². The lowest BCUT2D eigenvalue weighted by atomic mass is 10.1. The lowest BCUT2D eigenvalue weighted by molar-refractivity contribution is -0.206. The first-order valence-corrected chi connectivity index (χ1v) is 8.40. The number of carbonyl (C=O) groups excluding carboxylic acids is 2. The van der Waals surface area contributed by atoms with Gasteiger partial charge in [0.1, 0.15) is 5.75 Å². The van der Waals surface area contributed by atoms with Crippen LogP contribution in [-0.4, -0.2) is 42.4 Å². The fraction of sp³-hybridized carbons (Fsp3) is 0.312. The smallest absolute Gasteiger partial charge is 0.442 e. The highest BCUT2D eigenvalue weighted by molar-refractivity contribution is 7.13. The van der Waals surface area contributed by atoms with E-state index in [2.05, 4.69) is 9.72 Å². The standard InChI is InChI=1S/C16H16F3N3O4S/c1-10-9-27-14(20-10)22-15(13(24)25-2,16(17,18)19)21-12(23)8-26-11-6-4-3-5-7-11/h3-7,9H,8H2,1-2H3,(H,20,22)(H,21,23)/t15-/m0/s1. The molecule has 11 heteroatoms. The number of amides is 1. The van der Waals surface area contributed by atoms with Crippen LogP contribution in [0.1, 0.15) is 5.69 Å². The van der Waals surface area contributed by atoms with E-state index in [0.29, 0.717) is 5.69 Å². The second kappa shape index (κ2) is 8.25. The minimum Gasteiger partial charge on any atom is -0.484 e. The van der Waals surface area contributed by atoms with Gasteiger partial charge in [0.15, 0.2) is 11.7 Å². The molecule has 0 bridgehead atoms. The number of methoxy groups -OCH3 is 1. The number of thiazole rings is 1. The molecule has 1 amide bonds. The zero-order chi connectivity index (χ0) is 20.1. The van der Waals surface area contributed by atoms with Crippen molar-refractivity contribution in [1.29, 1.82) is 0 Å². The lowest BCUT2D eigenvalue weighted by Gasteiger charge is -2.33. The molecule has 2 aromatic rings. The summed E-state index contributed by atoms with van der Waals surface area (Å²) >= 11 is 0.845. The molecular formula is C16H16F3N3O4S.